The standard InChI is InChI=1S/C27H22Cl3N3O4S/c1-15(38(35)36)17-4-2-16(3-5-17)12-23(34)31-20-13-21(29)24(22(30)14-20)27(10-11-27)26-33-32-25(37-26)18-6-8-19(28)9-7-18/h2-9,13-15,38H,10-12H2,1H3,(H,31,34). The first-order valence-corrected chi connectivity index (χ1v) is 14.2. The molecule has 11 heteroatoms. The van der Waals surface area contributed by atoms with Crippen LogP contribution in [0.2, 0.25) is 15.1 Å². The molecule has 196 valence electrons. The number of hydrogen-bond donors (Lipinski definition) is 2. The molecule has 1 atom stereocenters. The third kappa shape index (κ3) is 5.45. The summed E-state index contributed by atoms with van der Waals surface area (Å²) in [6.45, 7) is 1.62. The normalized spacial score (nSPS) is 14.9. The lowest BCUT2D eigenvalue weighted by molar-refractivity contribution is -0.115. The number of amides is 1. The Morgan fingerprint density at radius 3 is 2.21 bits per heavy atom. The summed E-state index contributed by atoms with van der Waals surface area (Å²) in [5.74, 6) is 0.553. The van der Waals surface area contributed by atoms with E-state index in [0.717, 1.165) is 24.0 Å². The van der Waals surface area contributed by atoms with Gasteiger partial charge in [0.2, 0.25) is 17.7 Å². The first kappa shape index (κ1) is 26.7. The summed E-state index contributed by atoms with van der Waals surface area (Å²) >= 11 is 19.3. The fraction of sp³-hybridized carbons (Fsp3) is 0.222. The average Bonchev–Trinajstić information content (AvgIpc) is 3.50. The maximum Gasteiger partial charge on any atom is 0.247 e. The molecule has 0 saturated heterocycles. The predicted octanol–water partition coefficient (Wildman–Crippen LogP) is 6.63. The van der Waals surface area contributed by atoms with Crippen molar-refractivity contribution in [3.8, 4) is 11.5 Å². The highest BCUT2D eigenvalue weighted by Crippen LogP contribution is 2.57. The van der Waals surface area contributed by atoms with Crippen molar-refractivity contribution in [2.24, 2.45) is 0 Å². The van der Waals surface area contributed by atoms with Crippen LogP contribution in [0.5, 0.6) is 0 Å². The third-order valence-electron chi connectivity index (χ3n) is 6.62. The highest BCUT2D eigenvalue weighted by molar-refractivity contribution is 7.72. The largest absolute Gasteiger partial charge is 0.420 e. The lowest BCUT2D eigenvalue weighted by Crippen LogP contribution is -2.16. The maximum atomic E-state index is 12.7. The van der Waals surface area contributed by atoms with Gasteiger partial charge in [0.15, 0.2) is 0 Å². The van der Waals surface area contributed by atoms with Crippen molar-refractivity contribution in [1.29, 1.82) is 0 Å². The Morgan fingerprint density at radius 2 is 1.63 bits per heavy atom. The first-order valence-electron chi connectivity index (χ1n) is 11.8. The van der Waals surface area contributed by atoms with Crippen LogP contribution >= 0.6 is 34.8 Å². The third-order valence-corrected chi connectivity index (χ3v) is 8.40. The molecule has 0 aliphatic heterocycles. The molecule has 1 aromatic heterocycles. The van der Waals surface area contributed by atoms with Gasteiger partial charge in [0.25, 0.3) is 0 Å². The number of anilines is 1. The molecule has 1 unspecified atom stereocenters. The molecule has 4 aromatic rings. The van der Waals surface area contributed by atoms with Gasteiger partial charge in [-0.3, -0.25) is 4.79 Å². The van der Waals surface area contributed by atoms with Gasteiger partial charge in [0, 0.05) is 31.9 Å². The van der Waals surface area contributed by atoms with Crippen LogP contribution in [0.3, 0.4) is 0 Å². The summed E-state index contributed by atoms with van der Waals surface area (Å²) < 4.78 is 28.4. The van der Waals surface area contributed by atoms with Gasteiger partial charge in [0.05, 0.1) is 17.1 Å². The minimum absolute atomic E-state index is 0.106. The Balaban J connectivity index is 1.31. The SMILES string of the molecule is CC(c1ccc(CC(=O)Nc2cc(Cl)c(C3(c4nnc(-c5ccc(Cl)cc5)o4)CC3)c(Cl)c2)cc1)[SH](=O)=O. The maximum absolute atomic E-state index is 12.7. The van der Waals surface area contributed by atoms with E-state index in [9.17, 15) is 13.2 Å². The summed E-state index contributed by atoms with van der Waals surface area (Å²) in [5.41, 5.74) is 2.75. The second kappa shape index (κ2) is 10.7. The number of carbonyl (C=O) groups excluding carboxylic acids is 1. The lowest BCUT2D eigenvalue weighted by atomic mass is 9.95. The highest BCUT2D eigenvalue weighted by Gasteiger charge is 2.53. The summed E-state index contributed by atoms with van der Waals surface area (Å²) in [6.07, 6.45) is 1.60. The van der Waals surface area contributed by atoms with Gasteiger partial charge < -0.3 is 9.73 Å². The molecule has 1 saturated carbocycles. The van der Waals surface area contributed by atoms with E-state index in [1.807, 2.05) is 0 Å². The topological polar surface area (TPSA) is 102 Å². The van der Waals surface area contributed by atoms with Crippen LogP contribution in [0.4, 0.5) is 5.69 Å². The Hall–Kier alpha value is -2.91. The molecule has 1 fully saturated rings. The summed E-state index contributed by atoms with van der Waals surface area (Å²) in [5, 5.41) is 12.1. The summed E-state index contributed by atoms with van der Waals surface area (Å²) in [6, 6.07) is 17.4. The lowest BCUT2D eigenvalue weighted by Gasteiger charge is -2.17. The van der Waals surface area contributed by atoms with Crippen molar-refractivity contribution in [3.63, 3.8) is 0 Å². The number of nitrogens with one attached hydrogen (secondary N) is 1. The van der Waals surface area contributed by atoms with Gasteiger partial charge in [-0.1, -0.05) is 59.1 Å². The van der Waals surface area contributed by atoms with Crippen molar-refractivity contribution < 1.29 is 17.6 Å². The van der Waals surface area contributed by atoms with Gasteiger partial charge in [-0.2, -0.15) is 0 Å². The van der Waals surface area contributed by atoms with E-state index in [2.05, 4.69) is 15.5 Å². The van der Waals surface area contributed by atoms with Crippen LogP contribution in [-0.4, -0.2) is 24.5 Å². The van der Waals surface area contributed by atoms with E-state index in [1.54, 1.807) is 67.6 Å². The van der Waals surface area contributed by atoms with Crippen LogP contribution in [0.15, 0.2) is 65.1 Å². The average molecular weight is 591 g/mol. The van der Waals surface area contributed by atoms with E-state index < -0.39 is 21.4 Å². The molecule has 0 spiro atoms. The molecule has 1 N–H and O–H groups in total. The Labute approximate surface area is 236 Å². The smallest absolute Gasteiger partial charge is 0.247 e. The van der Waals surface area contributed by atoms with Crippen molar-refractivity contribution in [1.82, 2.24) is 10.2 Å². The minimum atomic E-state index is -2.56. The first-order chi connectivity index (χ1) is 18.2. The Kier molecular flexibility index (Phi) is 7.51. The fourth-order valence-electron chi connectivity index (χ4n) is 4.35. The molecular weight excluding hydrogens is 569 g/mol. The zero-order valence-corrected chi connectivity index (χ0v) is 23.2. The molecular formula is C27H22Cl3N3O4S. The molecule has 7 nitrogen and oxygen atoms in total. The van der Waals surface area contributed by atoms with Crippen molar-refractivity contribution in [3.05, 3.63) is 98.3 Å². The van der Waals surface area contributed by atoms with Crippen LogP contribution in [0.1, 0.15) is 47.6 Å². The number of rotatable bonds is 8. The molecule has 1 aliphatic carbocycles. The van der Waals surface area contributed by atoms with Gasteiger partial charge >= 0.3 is 0 Å². The molecule has 3 aromatic carbocycles. The number of thiol groups is 1. The van der Waals surface area contributed by atoms with Crippen LogP contribution in [0, 0.1) is 0 Å². The summed E-state index contributed by atoms with van der Waals surface area (Å²) in [4.78, 5) is 12.7. The Bertz CT molecular complexity index is 1550. The Morgan fingerprint density at radius 1 is 1.00 bits per heavy atom. The monoisotopic (exact) mass is 589 g/mol. The second-order valence-corrected chi connectivity index (χ2v) is 11.8. The van der Waals surface area contributed by atoms with E-state index in [0.29, 0.717) is 43.7 Å². The molecule has 1 heterocycles. The van der Waals surface area contributed by atoms with E-state index in [4.69, 9.17) is 39.2 Å². The van der Waals surface area contributed by atoms with E-state index in [-0.39, 0.29) is 12.3 Å². The van der Waals surface area contributed by atoms with Gasteiger partial charge in [-0.25, -0.2) is 8.42 Å². The van der Waals surface area contributed by atoms with Crippen LogP contribution in [-0.2, 0) is 27.3 Å². The molecule has 1 amide bonds. The van der Waals surface area contributed by atoms with Crippen LogP contribution < -0.4 is 5.32 Å². The molecule has 5 rings (SSSR count). The predicted molar refractivity (Wildman–Crippen MR) is 149 cm³/mol. The fourth-order valence-corrected chi connectivity index (χ4v) is 5.74. The number of halogens is 3. The zero-order chi connectivity index (χ0) is 27.0. The number of aromatic nitrogens is 2. The number of nitrogens with zero attached hydrogens (tertiary/aromatic N) is 2. The minimum Gasteiger partial charge on any atom is -0.420 e. The number of hydrogen-bond acceptors (Lipinski definition) is 6. The van der Waals surface area contributed by atoms with Crippen molar-refractivity contribution in [2.75, 3.05) is 5.32 Å². The quantitative estimate of drug-likeness (QED) is 0.223. The van der Waals surface area contributed by atoms with E-state index in [1.165, 1.54) is 0 Å². The van der Waals surface area contributed by atoms with Crippen molar-refractivity contribution in [2.45, 2.75) is 36.9 Å². The van der Waals surface area contributed by atoms with Gasteiger partial charge in [0.1, 0.15) is 10.7 Å². The summed E-state index contributed by atoms with van der Waals surface area (Å²) in [7, 11) is -2.56. The zero-order valence-electron chi connectivity index (χ0n) is 20.1. The molecule has 1 aliphatic rings. The van der Waals surface area contributed by atoms with Crippen LogP contribution in [0.25, 0.3) is 11.5 Å². The molecule has 0 radical (unpaired) electrons. The molecule has 38 heavy (non-hydrogen) atoms. The number of carbonyl (C=O) groups is 1. The van der Waals surface area contributed by atoms with Crippen molar-refractivity contribution >= 4 is 57.1 Å². The van der Waals surface area contributed by atoms with Gasteiger partial charge in [-0.05, 0) is 67.3 Å². The molecule has 0 bridgehead atoms. The van der Waals surface area contributed by atoms with E-state index >= 15 is 0 Å². The second-order valence-electron chi connectivity index (χ2n) is 9.24. The highest BCUT2D eigenvalue weighted by atomic mass is 35.5. The van der Waals surface area contributed by atoms with Gasteiger partial charge in [-0.15, -0.1) is 10.2 Å². The number of benzene rings is 3.